The minimum atomic E-state index is 0.643. The second-order valence-electron chi connectivity index (χ2n) is 2.23. The van der Waals surface area contributed by atoms with Crippen molar-refractivity contribution in [3.63, 3.8) is 0 Å². The molecule has 0 amide bonds. The minimum absolute atomic E-state index is 0.643. The van der Waals surface area contributed by atoms with Gasteiger partial charge in [0, 0.05) is 29.5 Å². The SMILES string of the molecule is N#Cc1c[nH]cc1-c1nccs1. The van der Waals surface area contributed by atoms with Gasteiger partial charge >= 0.3 is 0 Å². The Bertz CT molecular complexity index is 408. The highest BCUT2D eigenvalue weighted by molar-refractivity contribution is 7.13. The number of hydrogen-bond acceptors (Lipinski definition) is 3. The third-order valence-electron chi connectivity index (χ3n) is 1.53. The number of nitrogens with zero attached hydrogens (tertiary/aromatic N) is 2. The molecule has 0 aliphatic carbocycles. The first-order valence-electron chi connectivity index (χ1n) is 3.38. The van der Waals surface area contributed by atoms with Gasteiger partial charge in [0.05, 0.1) is 5.56 Å². The number of rotatable bonds is 1. The lowest BCUT2D eigenvalue weighted by atomic mass is 10.2. The highest BCUT2D eigenvalue weighted by atomic mass is 32.1. The van der Waals surface area contributed by atoms with Gasteiger partial charge in [0.25, 0.3) is 0 Å². The Morgan fingerprint density at radius 1 is 1.50 bits per heavy atom. The summed E-state index contributed by atoms with van der Waals surface area (Å²) in [5.41, 5.74) is 1.53. The van der Waals surface area contributed by atoms with E-state index in [9.17, 15) is 0 Å². The Morgan fingerprint density at radius 2 is 2.42 bits per heavy atom. The summed E-state index contributed by atoms with van der Waals surface area (Å²) in [4.78, 5) is 7.00. The number of thiazole rings is 1. The van der Waals surface area contributed by atoms with E-state index in [1.54, 1.807) is 18.6 Å². The Balaban J connectivity index is 2.55. The average molecular weight is 175 g/mol. The van der Waals surface area contributed by atoms with Crippen LogP contribution in [0.2, 0.25) is 0 Å². The summed E-state index contributed by atoms with van der Waals surface area (Å²) in [6.45, 7) is 0. The van der Waals surface area contributed by atoms with Crippen molar-refractivity contribution >= 4 is 11.3 Å². The lowest BCUT2D eigenvalue weighted by Gasteiger charge is -1.88. The van der Waals surface area contributed by atoms with Crippen LogP contribution in [0.5, 0.6) is 0 Å². The van der Waals surface area contributed by atoms with Crippen LogP contribution in [0.15, 0.2) is 24.0 Å². The molecule has 1 N–H and O–H groups in total. The zero-order valence-electron chi connectivity index (χ0n) is 6.11. The number of nitriles is 1. The average Bonchev–Trinajstić information content (AvgIpc) is 2.74. The van der Waals surface area contributed by atoms with E-state index < -0.39 is 0 Å². The molecule has 12 heavy (non-hydrogen) atoms. The number of hydrogen-bond donors (Lipinski definition) is 1. The molecule has 0 saturated heterocycles. The number of nitrogens with one attached hydrogen (secondary N) is 1. The Labute approximate surface area is 73.3 Å². The fourth-order valence-electron chi connectivity index (χ4n) is 0.990. The molecule has 0 fully saturated rings. The molecule has 2 heterocycles. The van der Waals surface area contributed by atoms with E-state index in [2.05, 4.69) is 16.0 Å². The third-order valence-corrected chi connectivity index (χ3v) is 2.34. The molecule has 3 nitrogen and oxygen atoms in total. The predicted molar refractivity (Wildman–Crippen MR) is 46.6 cm³/mol. The number of aromatic amines is 1. The number of aromatic nitrogens is 2. The van der Waals surface area contributed by atoms with Crippen molar-refractivity contribution in [2.45, 2.75) is 0 Å². The van der Waals surface area contributed by atoms with Crippen LogP contribution >= 0.6 is 11.3 Å². The Hall–Kier alpha value is -1.60. The van der Waals surface area contributed by atoms with Crippen molar-refractivity contribution in [1.82, 2.24) is 9.97 Å². The van der Waals surface area contributed by atoms with Gasteiger partial charge in [-0.25, -0.2) is 4.98 Å². The topological polar surface area (TPSA) is 52.5 Å². The summed E-state index contributed by atoms with van der Waals surface area (Å²) >= 11 is 1.53. The normalized spacial score (nSPS) is 9.58. The summed E-state index contributed by atoms with van der Waals surface area (Å²) in [7, 11) is 0. The largest absolute Gasteiger partial charge is 0.366 e. The van der Waals surface area contributed by atoms with Gasteiger partial charge in [-0.1, -0.05) is 0 Å². The molecule has 0 aliphatic rings. The molecular formula is C8H5N3S. The van der Waals surface area contributed by atoms with Crippen molar-refractivity contribution < 1.29 is 0 Å². The van der Waals surface area contributed by atoms with Crippen LogP contribution in [0.4, 0.5) is 0 Å². The Morgan fingerprint density at radius 3 is 3.08 bits per heavy atom. The van der Waals surface area contributed by atoms with Crippen molar-refractivity contribution in [3.8, 4) is 16.6 Å². The second-order valence-corrected chi connectivity index (χ2v) is 3.13. The fraction of sp³-hybridized carbons (Fsp3) is 0. The standard InChI is InChI=1S/C8H5N3S/c9-3-6-4-10-5-7(6)8-11-1-2-12-8/h1-2,4-5,10H. The van der Waals surface area contributed by atoms with Crippen molar-refractivity contribution in [3.05, 3.63) is 29.5 Å². The van der Waals surface area contributed by atoms with E-state index in [1.807, 2.05) is 5.38 Å². The molecule has 0 spiro atoms. The highest BCUT2D eigenvalue weighted by Crippen LogP contribution is 2.24. The lowest BCUT2D eigenvalue weighted by Crippen LogP contribution is -1.74. The maximum Gasteiger partial charge on any atom is 0.126 e. The van der Waals surface area contributed by atoms with Crippen LogP contribution in [-0.2, 0) is 0 Å². The maximum atomic E-state index is 8.71. The molecule has 0 aromatic carbocycles. The molecule has 2 rings (SSSR count). The monoisotopic (exact) mass is 175 g/mol. The summed E-state index contributed by atoms with van der Waals surface area (Å²) in [6.07, 6.45) is 5.20. The van der Waals surface area contributed by atoms with E-state index in [0.717, 1.165) is 10.6 Å². The molecule has 2 aromatic heterocycles. The molecule has 0 bridgehead atoms. The van der Waals surface area contributed by atoms with Gasteiger partial charge in [-0.15, -0.1) is 11.3 Å². The second kappa shape index (κ2) is 2.80. The molecule has 4 heteroatoms. The van der Waals surface area contributed by atoms with E-state index >= 15 is 0 Å². The lowest BCUT2D eigenvalue weighted by molar-refractivity contribution is 1.39. The molecule has 58 valence electrons. The van der Waals surface area contributed by atoms with Crippen LogP contribution in [0, 0.1) is 11.3 Å². The molecular weight excluding hydrogens is 170 g/mol. The molecule has 0 unspecified atom stereocenters. The fourth-order valence-corrected chi connectivity index (χ4v) is 1.66. The highest BCUT2D eigenvalue weighted by Gasteiger charge is 2.06. The summed E-state index contributed by atoms with van der Waals surface area (Å²) in [5.74, 6) is 0. The molecule has 0 atom stereocenters. The van der Waals surface area contributed by atoms with E-state index in [1.165, 1.54) is 11.3 Å². The molecule has 2 aromatic rings. The quantitative estimate of drug-likeness (QED) is 0.720. The van der Waals surface area contributed by atoms with Gasteiger partial charge in [-0.05, 0) is 0 Å². The summed E-state index contributed by atoms with van der Waals surface area (Å²) in [6, 6.07) is 2.10. The zero-order valence-corrected chi connectivity index (χ0v) is 6.93. The summed E-state index contributed by atoms with van der Waals surface area (Å²) in [5, 5.41) is 11.5. The van der Waals surface area contributed by atoms with Crippen molar-refractivity contribution in [1.29, 1.82) is 5.26 Å². The Kier molecular flexibility index (Phi) is 1.65. The van der Waals surface area contributed by atoms with Crippen LogP contribution in [0.25, 0.3) is 10.6 Å². The predicted octanol–water partition coefficient (Wildman–Crippen LogP) is 2.01. The van der Waals surface area contributed by atoms with Crippen LogP contribution in [0.3, 0.4) is 0 Å². The molecule has 0 aliphatic heterocycles. The first-order valence-corrected chi connectivity index (χ1v) is 4.26. The van der Waals surface area contributed by atoms with Crippen molar-refractivity contribution in [2.24, 2.45) is 0 Å². The van der Waals surface area contributed by atoms with Gasteiger partial charge in [-0.2, -0.15) is 5.26 Å². The molecule has 0 saturated carbocycles. The summed E-state index contributed by atoms with van der Waals surface area (Å²) < 4.78 is 0. The van der Waals surface area contributed by atoms with Crippen LogP contribution in [-0.4, -0.2) is 9.97 Å². The van der Waals surface area contributed by atoms with Gasteiger partial charge in [0.15, 0.2) is 0 Å². The number of H-pyrrole nitrogens is 1. The third kappa shape index (κ3) is 1.00. The zero-order chi connectivity index (χ0) is 8.39. The van der Waals surface area contributed by atoms with Crippen LogP contribution in [0.1, 0.15) is 5.56 Å². The minimum Gasteiger partial charge on any atom is -0.366 e. The first-order chi connectivity index (χ1) is 5.92. The smallest absolute Gasteiger partial charge is 0.126 e. The van der Waals surface area contributed by atoms with Gasteiger partial charge in [-0.3, -0.25) is 0 Å². The van der Waals surface area contributed by atoms with Gasteiger partial charge < -0.3 is 4.98 Å². The first kappa shape index (κ1) is 7.07. The van der Waals surface area contributed by atoms with E-state index in [0.29, 0.717) is 5.56 Å². The van der Waals surface area contributed by atoms with Gasteiger partial charge in [0.2, 0.25) is 0 Å². The maximum absolute atomic E-state index is 8.71. The molecule has 0 radical (unpaired) electrons. The van der Waals surface area contributed by atoms with E-state index in [4.69, 9.17) is 5.26 Å². The van der Waals surface area contributed by atoms with E-state index in [-0.39, 0.29) is 0 Å². The van der Waals surface area contributed by atoms with Crippen molar-refractivity contribution in [2.75, 3.05) is 0 Å². The van der Waals surface area contributed by atoms with Gasteiger partial charge in [0.1, 0.15) is 11.1 Å². The van der Waals surface area contributed by atoms with Crippen LogP contribution < -0.4 is 0 Å².